The molecule has 2 N–H and O–H groups in total. The lowest BCUT2D eigenvalue weighted by molar-refractivity contribution is -0.123. The third kappa shape index (κ3) is 4.33. The molecule has 3 nitrogen and oxygen atoms in total. The summed E-state index contributed by atoms with van der Waals surface area (Å²) in [6.45, 7) is 10.7. The third-order valence-electron chi connectivity index (χ3n) is 5.19. The highest BCUT2D eigenvalue weighted by molar-refractivity contribution is 5.76. The van der Waals surface area contributed by atoms with Crippen molar-refractivity contribution in [2.75, 3.05) is 13.1 Å². The van der Waals surface area contributed by atoms with Crippen LogP contribution in [0.1, 0.15) is 55.8 Å². The predicted octanol–water partition coefficient (Wildman–Crippen LogP) is 3.51. The first-order valence-corrected chi connectivity index (χ1v) is 8.55. The van der Waals surface area contributed by atoms with Crippen LogP contribution in [0, 0.1) is 25.7 Å². The van der Waals surface area contributed by atoms with Crippen molar-refractivity contribution in [1.82, 2.24) is 10.6 Å². The van der Waals surface area contributed by atoms with E-state index in [9.17, 15) is 4.79 Å². The van der Waals surface area contributed by atoms with Crippen molar-refractivity contribution in [1.29, 1.82) is 0 Å². The zero-order valence-corrected chi connectivity index (χ0v) is 14.4. The van der Waals surface area contributed by atoms with Gasteiger partial charge in [-0.05, 0) is 75.2 Å². The molecule has 3 heteroatoms. The number of amides is 1. The Morgan fingerprint density at radius 1 is 1.27 bits per heavy atom. The number of aryl methyl sites for hydroxylation is 1. The standard InChI is InChI=1S/C19H30N2O/c1-13-6-5-7-18(15(13)3)16(4)21-19(22)12-14(2)17-8-10-20-11-9-17/h5-7,14,16-17,20H,8-12H2,1-4H3,(H,21,22). The van der Waals surface area contributed by atoms with Gasteiger partial charge in [0.25, 0.3) is 0 Å². The third-order valence-corrected chi connectivity index (χ3v) is 5.19. The van der Waals surface area contributed by atoms with Gasteiger partial charge in [-0.3, -0.25) is 4.79 Å². The summed E-state index contributed by atoms with van der Waals surface area (Å²) >= 11 is 0. The molecular formula is C19H30N2O. The molecule has 1 aromatic rings. The van der Waals surface area contributed by atoms with Crippen LogP contribution in [0.5, 0.6) is 0 Å². The quantitative estimate of drug-likeness (QED) is 0.874. The van der Waals surface area contributed by atoms with E-state index in [1.54, 1.807) is 0 Å². The Labute approximate surface area is 134 Å². The fourth-order valence-corrected chi connectivity index (χ4v) is 3.49. The molecule has 1 aliphatic heterocycles. The van der Waals surface area contributed by atoms with Gasteiger partial charge in [-0.15, -0.1) is 0 Å². The molecule has 0 saturated carbocycles. The first-order chi connectivity index (χ1) is 10.5. The van der Waals surface area contributed by atoms with Crippen molar-refractivity contribution in [2.45, 2.75) is 53.0 Å². The Bertz CT molecular complexity index is 506. The summed E-state index contributed by atoms with van der Waals surface area (Å²) < 4.78 is 0. The van der Waals surface area contributed by atoms with E-state index in [0.29, 0.717) is 18.3 Å². The molecule has 1 saturated heterocycles. The van der Waals surface area contributed by atoms with Crippen molar-refractivity contribution < 1.29 is 4.79 Å². The van der Waals surface area contributed by atoms with Crippen LogP contribution in [0.4, 0.5) is 0 Å². The average Bonchev–Trinajstić information content (AvgIpc) is 2.50. The molecule has 0 bridgehead atoms. The number of rotatable bonds is 5. The second-order valence-corrected chi connectivity index (χ2v) is 6.85. The lowest BCUT2D eigenvalue weighted by atomic mass is 9.84. The van der Waals surface area contributed by atoms with E-state index in [0.717, 1.165) is 13.1 Å². The molecular weight excluding hydrogens is 272 g/mol. The minimum absolute atomic E-state index is 0.0765. The summed E-state index contributed by atoms with van der Waals surface area (Å²) in [5.41, 5.74) is 3.78. The molecule has 1 heterocycles. The zero-order chi connectivity index (χ0) is 16.1. The van der Waals surface area contributed by atoms with Crippen LogP contribution in [-0.2, 0) is 4.79 Å². The summed E-state index contributed by atoms with van der Waals surface area (Å²) in [7, 11) is 0. The Balaban J connectivity index is 1.89. The molecule has 22 heavy (non-hydrogen) atoms. The summed E-state index contributed by atoms with van der Waals surface area (Å²) in [5.74, 6) is 1.33. The maximum Gasteiger partial charge on any atom is 0.220 e. The fourth-order valence-electron chi connectivity index (χ4n) is 3.49. The van der Waals surface area contributed by atoms with Gasteiger partial charge in [0.05, 0.1) is 6.04 Å². The summed E-state index contributed by atoms with van der Waals surface area (Å²) in [5, 5.41) is 6.57. The topological polar surface area (TPSA) is 41.1 Å². The Hall–Kier alpha value is -1.35. The van der Waals surface area contributed by atoms with Crippen LogP contribution in [0.15, 0.2) is 18.2 Å². The predicted molar refractivity (Wildman–Crippen MR) is 91.8 cm³/mol. The number of benzene rings is 1. The second kappa shape index (κ2) is 7.77. The summed E-state index contributed by atoms with van der Waals surface area (Å²) in [4.78, 5) is 12.3. The highest BCUT2D eigenvalue weighted by Crippen LogP contribution is 2.25. The molecule has 0 aliphatic carbocycles. The molecule has 122 valence electrons. The molecule has 1 aromatic carbocycles. The van der Waals surface area contributed by atoms with Gasteiger partial charge in [0.2, 0.25) is 5.91 Å². The monoisotopic (exact) mass is 302 g/mol. The minimum Gasteiger partial charge on any atom is -0.350 e. The molecule has 1 aliphatic rings. The van der Waals surface area contributed by atoms with E-state index in [-0.39, 0.29) is 11.9 Å². The summed E-state index contributed by atoms with van der Waals surface area (Å²) in [6.07, 6.45) is 3.03. The van der Waals surface area contributed by atoms with Crippen LogP contribution in [0.25, 0.3) is 0 Å². The largest absolute Gasteiger partial charge is 0.350 e. The molecule has 2 unspecified atom stereocenters. The fraction of sp³-hybridized carbons (Fsp3) is 0.632. The SMILES string of the molecule is Cc1cccc(C(C)NC(=O)CC(C)C2CCNCC2)c1C. The van der Waals surface area contributed by atoms with Crippen molar-refractivity contribution in [3.05, 3.63) is 34.9 Å². The first-order valence-electron chi connectivity index (χ1n) is 8.55. The Kier molecular flexibility index (Phi) is 6.01. The van der Waals surface area contributed by atoms with Crippen molar-refractivity contribution in [2.24, 2.45) is 11.8 Å². The smallest absolute Gasteiger partial charge is 0.220 e. The van der Waals surface area contributed by atoms with E-state index >= 15 is 0 Å². The van der Waals surface area contributed by atoms with Crippen molar-refractivity contribution in [3.8, 4) is 0 Å². The minimum atomic E-state index is 0.0765. The highest BCUT2D eigenvalue weighted by Gasteiger charge is 2.22. The molecule has 0 spiro atoms. The Morgan fingerprint density at radius 2 is 1.95 bits per heavy atom. The number of piperidine rings is 1. The molecule has 0 radical (unpaired) electrons. The van der Waals surface area contributed by atoms with Crippen LogP contribution in [0.2, 0.25) is 0 Å². The van der Waals surface area contributed by atoms with Crippen molar-refractivity contribution >= 4 is 5.91 Å². The van der Waals surface area contributed by atoms with Gasteiger partial charge < -0.3 is 10.6 Å². The lowest BCUT2D eigenvalue weighted by Crippen LogP contribution is -2.34. The van der Waals surface area contributed by atoms with Crippen LogP contribution in [0.3, 0.4) is 0 Å². The van der Waals surface area contributed by atoms with Gasteiger partial charge in [0.1, 0.15) is 0 Å². The average molecular weight is 302 g/mol. The van der Waals surface area contributed by atoms with E-state index < -0.39 is 0 Å². The van der Waals surface area contributed by atoms with Gasteiger partial charge in [0.15, 0.2) is 0 Å². The van der Waals surface area contributed by atoms with Crippen LogP contribution in [-0.4, -0.2) is 19.0 Å². The van der Waals surface area contributed by atoms with Gasteiger partial charge in [0, 0.05) is 6.42 Å². The van der Waals surface area contributed by atoms with Gasteiger partial charge in [-0.1, -0.05) is 25.1 Å². The lowest BCUT2D eigenvalue weighted by Gasteiger charge is -2.28. The molecule has 1 amide bonds. The number of carbonyl (C=O) groups excluding carboxylic acids is 1. The Morgan fingerprint density at radius 3 is 2.64 bits per heavy atom. The van der Waals surface area contributed by atoms with Crippen LogP contribution < -0.4 is 10.6 Å². The normalized spacial score (nSPS) is 18.7. The highest BCUT2D eigenvalue weighted by atomic mass is 16.1. The number of nitrogens with one attached hydrogen (secondary N) is 2. The molecule has 1 fully saturated rings. The zero-order valence-electron chi connectivity index (χ0n) is 14.4. The van der Waals surface area contributed by atoms with Gasteiger partial charge in [-0.2, -0.15) is 0 Å². The number of hydrogen-bond acceptors (Lipinski definition) is 2. The number of carbonyl (C=O) groups is 1. The molecule has 2 atom stereocenters. The van der Waals surface area contributed by atoms with Gasteiger partial charge in [-0.25, -0.2) is 0 Å². The van der Waals surface area contributed by atoms with E-state index in [4.69, 9.17) is 0 Å². The van der Waals surface area contributed by atoms with Gasteiger partial charge >= 0.3 is 0 Å². The maximum absolute atomic E-state index is 12.3. The molecule has 0 aromatic heterocycles. The maximum atomic E-state index is 12.3. The van der Waals surface area contributed by atoms with Crippen molar-refractivity contribution in [3.63, 3.8) is 0 Å². The van der Waals surface area contributed by atoms with E-state index in [1.807, 2.05) is 0 Å². The van der Waals surface area contributed by atoms with Crippen LogP contribution >= 0.6 is 0 Å². The summed E-state index contributed by atoms with van der Waals surface area (Å²) in [6, 6.07) is 6.38. The second-order valence-electron chi connectivity index (χ2n) is 6.85. The van der Waals surface area contributed by atoms with E-state index in [2.05, 4.69) is 56.5 Å². The first kappa shape index (κ1) is 17.0. The van der Waals surface area contributed by atoms with E-state index in [1.165, 1.54) is 29.5 Å². The number of hydrogen-bond donors (Lipinski definition) is 2. The molecule has 2 rings (SSSR count).